The van der Waals surface area contributed by atoms with Gasteiger partial charge in [0.05, 0.1) is 25.8 Å². The lowest BCUT2D eigenvalue weighted by atomic mass is 9.99. The minimum absolute atomic E-state index is 0.221. The second-order valence-electron chi connectivity index (χ2n) is 7.85. The number of ketones is 1. The lowest BCUT2D eigenvalue weighted by molar-refractivity contribution is -0.117. The average Bonchev–Trinajstić information content (AvgIpc) is 2.83. The van der Waals surface area contributed by atoms with Crippen molar-refractivity contribution in [3.8, 4) is 11.5 Å². The van der Waals surface area contributed by atoms with E-state index in [0.717, 1.165) is 5.56 Å². The molecule has 1 unspecified atom stereocenters. The zero-order chi connectivity index (χ0) is 25.5. The SMILES string of the molecule is COc1cc(NC(=O)C(C)c2ccc(NC(=O)Nc3cccc(N)c3)cc2)c(C(C)=O)cc1OC. The number of urea groups is 1. The highest BCUT2D eigenvalue weighted by Crippen LogP contribution is 2.34. The van der Waals surface area contributed by atoms with E-state index in [9.17, 15) is 14.4 Å². The predicted octanol–water partition coefficient (Wildman–Crippen LogP) is 4.87. The molecule has 0 aliphatic heterocycles. The fourth-order valence-electron chi connectivity index (χ4n) is 3.43. The van der Waals surface area contributed by atoms with Gasteiger partial charge in [-0.1, -0.05) is 18.2 Å². The zero-order valence-corrected chi connectivity index (χ0v) is 20.0. The maximum Gasteiger partial charge on any atom is 0.323 e. The topological polar surface area (TPSA) is 132 Å². The third-order valence-electron chi connectivity index (χ3n) is 5.37. The first-order chi connectivity index (χ1) is 16.7. The van der Waals surface area contributed by atoms with Gasteiger partial charge in [0, 0.05) is 28.7 Å². The van der Waals surface area contributed by atoms with E-state index < -0.39 is 11.9 Å². The number of anilines is 4. The number of Topliss-reactive ketones (excluding diaryl/α,β-unsaturated/α-hetero) is 1. The molecule has 3 amide bonds. The Morgan fingerprint density at radius 2 is 1.46 bits per heavy atom. The van der Waals surface area contributed by atoms with Crippen LogP contribution in [0.4, 0.5) is 27.5 Å². The molecule has 0 radical (unpaired) electrons. The molecule has 3 aromatic rings. The molecule has 0 aromatic heterocycles. The number of nitrogen functional groups attached to an aromatic ring is 1. The van der Waals surface area contributed by atoms with Gasteiger partial charge in [-0.05, 0) is 55.8 Å². The highest BCUT2D eigenvalue weighted by Gasteiger charge is 2.20. The minimum atomic E-state index is -0.530. The summed E-state index contributed by atoms with van der Waals surface area (Å²) in [6, 6.07) is 16.4. The predicted molar refractivity (Wildman–Crippen MR) is 137 cm³/mol. The maximum atomic E-state index is 13.0. The molecule has 0 aliphatic rings. The van der Waals surface area contributed by atoms with Crippen molar-refractivity contribution in [3.05, 3.63) is 71.8 Å². The number of rotatable bonds is 8. The maximum absolute atomic E-state index is 13.0. The second-order valence-corrected chi connectivity index (χ2v) is 7.85. The van der Waals surface area contributed by atoms with Crippen LogP contribution in [0, 0.1) is 0 Å². The van der Waals surface area contributed by atoms with E-state index in [4.69, 9.17) is 15.2 Å². The van der Waals surface area contributed by atoms with Crippen LogP contribution in [0.3, 0.4) is 0 Å². The van der Waals surface area contributed by atoms with Crippen LogP contribution in [-0.4, -0.2) is 31.9 Å². The summed E-state index contributed by atoms with van der Waals surface area (Å²) in [6.07, 6.45) is 0. The van der Waals surface area contributed by atoms with Crippen molar-refractivity contribution >= 4 is 40.5 Å². The molecule has 0 aliphatic carbocycles. The van der Waals surface area contributed by atoms with E-state index in [2.05, 4.69) is 16.0 Å². The Hall–Kier alpha value is -4.53. The molecule has 9 heteroatoms. The van der Waals surface area contributed by atoms with Crippen LogP contribution >= 0.6 is 0 Å². The fourth-order valence-corrected chi connectivity index (χ4v) is 3.43. The first-order valence-electron chi connectivity index (χ1n) is 10.8. The summed E-state index contributed by atoms with van der Waals surface area (Å²) in [7, 11) is 2.95. The van der Waals surface area contributed by atoms with Crippen molar-refractivity contribution in [1.29, 1.82) is 0 Å². The molecule has 0 heterocycles. The molecule has 182 valence electrons. The van der Waals surface area contributed by atoms with Gasteiger partial charge in [-0.2, -0.15) is 0 Å². The molecular formula is C26H28N4O5. The number of amides is 3. The van der Waals surface area contributed by atoms with Crippen molar-refractivity contribution in [1.82, 2.24) is 0 Å². The standard InChI is InChI=1S/C26H28N4O5/c1-15(25(32)30-22-14-24(35-4)23(34-3)13-21(22)16(2)31)17-8-10-19(11-9-17)28-26(33)29-20-7-5-6-18(27)12-20/h5-15H,27H2,1-4H3,(H,30,32)(H2,28,29,33). The van der Waals surface area contributed by atoms with E-state index in [1.807, 2.05) is 0 Å². The third-order valence-corrected chi connectivity index (χ3v) is 5.37. The lowest BCUT2D eigenvalue weighted by Crippen LogP contribution is -2.21. The Labute approximate surface area is 203 Å². The van der Waals surface area contributed by atoms with Crippen LogP contribution in [-0.2, 0) is 4.79 Å². The van der Waals surface area contributed by atoms with Gasteiger partial charge in [-0.3, -0.25) is 9.59 Å². The van der Waals surface area contributed by atoms with E-state index in [0.29, 0.717) is 39.8 Å². The number of nitrogens with two attached hydrogens (primary N) is 1. The van der Waals surface area contributed by atoms with Crippen LogP contribution in [0.1, 0.15) is 35.7 Å². The van der Waals surface area contributed by atoms with E-state index in [-0.39, 0.29) is 11.7 Å². The molecule has 0 saturated carbocycles. The number of hydrogen-bond donors (Lipinski definition) is 4. The number of carbonyl (C=O) groups is 3. The molecule has 3 aromatic carbocycles. The summed E-state index contributed by atoms with van der Waals surface area (Å²) in [5.41, 5.74) is 8.78. The summed E-state index contributed by atoms with van der Waals surface area (Å²) in [5, 5.41) is 8.25. The normalized spacial score (nSPS) is 11.2. The number of carbonyl (C=O) groups excluding carboxylic acids is 3. The summed E-state index contributed by atoms with van der Waals surface area (Å²) in [4.78, 5) is 37.3. The Balaban J connectivity index is 1.68. The molecule has 9 nitrogen and oxygen atoms in total. The Morgan fingerprint density at radius 1 is 0.829 bits per heavy atom. The van der Waals surface area contributed by atoms with Gasteiger partial charge >= 0.3 is 6.03 Å². The van der Waals surface area contributed by atoms with Crippen LogP contribution in [0.5, 0.6) is 11.5 Å². The van der Waals surface area contributed by atoms with Crippen LogP contribution in [0.25, 0.3) is 0 Å². The van der Waals surface area contributed by atoms with Crippen LogP contribution < -0.4 is 31.2 Å². The van der Waals surface area contributed by atoms with Gasteiger partial charge in [-0.15, -0.1) is 0 Å². The highest BCUT2D eigenvalue weighted by molar-refractivity contribution is 6.06. The quantitative estimate of drug-likeness (QED) is 0.271. The highest BCUT2D eigenvalue weighted by atomic mass is 16.5. The summed E-state index contributed by atoms with van der Waals surface area (Å²) in [5.74, 6) is -0.266. The van der Waals surface area contributed by atoms with E-state index in [1.165, 1.54) is 27.2 Å². The third kappa shape index (κ3) is 6.29. The first kappa shape index (κ1) is 25.1. The van der Waals surface area contributed by atoms with Gasteiger partial charge in [-0.25, -0.2) is 4.79 Å². The summed E-state index contributed by atoms with van der Waals surface area (Å²) in [6.45, 7) is 3.16. The van der Waals surface area contributed by atoms with Gasteiger partial charge < -0.3 is 31.2 Å². The van der Waals surface area contributed by atoms with Gasteiger partial charge in [0.1, 0.15) is 0 Å². The van der Waals surface area contributed by atoms with Crippen LogP contribution in [0.2, 0.25) is 0 Å². The van der Waals surface area contributed by atoms with Crippen molar-refractivity contribution < 1.29 is 23.9 Å². The molecule has 1 atom stereocenters. The fraction of sp³-hybridized carbons (Fsp3) is 0.192. The molecule has 3 rings (SSSR count). The summed E-state index contributed by atoms with van der Waals surface area (Å²) < 4.78 is 10.5. The molecule has 5 N–H and O–H groups in total. The number of ether oxygens (including phenoxy) is 2. The Bertz CT molecular complexity index is 1240. The molecule has 0 bridgehead atoms. The average molecular weight is 477 g/mol. The van der Waals surface area contributed by atoms with Gasteiger partial charge in [0.25, 0.3) is 0 Å². The van der Waals surface area contributed by atoms with Crippen molar-refractivity contribution in [3.63, 3.8) is 0 Å². The summed E-state index contributed by atoms with van der Waals surface area (Å²) >= 11 is 0. The largest absolute Gasteiger partial charge is 0.493 e. The molecular weight excluding hydrogens is 448 g/mol. The van der Waals surface area contributed by atoms with Gasteiger partial charge in [0.15, 0.2) is 17.3 Å². The monoisotopic (exact) mass is 476 g/mol. The van der Waals surface area contributed by atoms with Gasteiger partial charge in [0.2, 0.25) is 5.91 Å². The lowest BCUT2D eigenvalue weighted by Gasteiger charge is -2.17. The van der Waals surface area contributed by atoms with E-state index in [1.54, 1.807) is 61.5 Å². The van der Waals surface area contributed by atoms with Crippen molar-refractivity contribution in [2.75, 3.05) is 35.9 Å². The molecule has 35 heavy (non-hydrogen) atoms. The molecule has 0 spiro atoms. The van der Waals surface area contributed by atoms with E-state index >= 15 is 0 Å². The Morgan fingerprint density at radius 3 is 2.06 bits per heavy atom. The zero-order valence-electron chi connectivity index (χ0n) is 20.0. The molecule has 0 saturated heterocycles. The number of nitrogens with one attached hydrogen (secondary N) is 3. The molecule has 0 fully saturated rings. The number of methoxy groups -OCH3 is 2. The second kappa shape index (κ2) is 11.1. The minimum Gasteiger partial charge on any atom is -0.493 e. The van der Waals surface area contributed by atoms with Crippen molar-refractivity contribution in [2.24, 2.45) is 0 Å². The van der Waals surface area contributed by atoms with Crippen LogP contribution in [0.15, 0.2) is 60.7 Å². The smallest absolute Gasteiger partial charge is 0.323 e. The number of hydrogen-bond acceptors (Lipinski definition) is 6. The first-order valence-corrected chi connectivity index (χ1v) is 10.8. The Kier molecular flexibility index (Phi) is 7.93. The van der Waals surface area contributed by atoms with Crippen molar-refractivity contribution in [2.45, 2.75) is 19.8 Å². The number of benzene rings is 3.